The van der Waals surface area contributed by atoms with Crippen LogP contribution in [0.1, 0.15) is 10.4 Å². The normalized spacial score (nSPS) is 10.2. The van der Waals surface area contributed by atoms with Gasteiger partial charge in [-0.25, -0.2) is 0 Å². The van der Waals surface area contributed by atoms with Gasteiger partial charge in [-0.1, -0.05) is 0 Å². The van der Waals surface area contributed by atoms with Gasteiger partial charge in [0.15, 0.2) is 0 Å². The first-order valence-electron chi connectivity index (χ1n) is 5.25. The predicted octanol–water partition coefficient (Wildman–Crippen LogP) is -0.722. The molecule has 0 radical (unpaired) electrons. The summed E-state index contributed by atoms with van der Waals surface area (Å²) in [5, 5.41) is 17.7. The summed E-state index contributed by atoms with van der Waals surface area (Å²) < 4.78 is 0. The Bertz CT molecular complexity index is 369. The average Bonchev–Trinajstić information content (AvgIpc) is 2.26. The molecule has 6 nitrogen and oxygen atoms in total. The van der Waals surface area contributed by atoms with Crippen LogP contribution >= 0.6 is 0 Å². The van der Waals surface area contributed by atoms with Crippen LogP contribution in [-0.4, -0.2) is 47.3 Å². The molecule has 0 bridgehead atoms. The number of hydrogen-bond acceptors (Lipinski definition) is 5. The maximum absolute atomic E-state index is 12.0. The van der Waals surface area contributed by atoms with Crippen molar-refractivity contribution in [2.24, 2.45) is 0 Å². The lowest BCUT2D eigenvalue weighted by Gasteiger charge is -2.21. The van der Waals surface area contributed by atoms with E-state index < -0.39 is 0 Å². The molecule has 0 aliphatic rings. The Morgan fingerprint density at radius 1 is 1.06 bits per heavy atom. The number of aliphatic hydroxyl groups is 2. The van der Waals surface area contributed by atoms with Crippen molar-refractivity contribution in [2.45, 2.75) is 0 Å². The molecule has 0 aliphatic heterocycles. The van der Waals surface area contributed by atoms with E-state index in [0.717, 1.165) is 0 Å². The number of benzene rings is 1. The summed E-state index contributed by atoms with van der Waals surface area (Å²) >= 11 is 0. The molecule has 1 amide bonds. The molecule has 94 valence electrons. The van der Waals surface area contributed by atoms with Crippen molar-refractivity contribution in [3.63, 3.8) is 0 Å². The standard InChI is InChI=1S/C11H17N3O3/c12-9-5-8(6-10(13)7-9)11(17)14(1-3-15)2-4-16/h5-7,15-16H,1-4,12-13H2. The van der Waals surface area contributed by atoms with E-state index in [1.165, 1.54) is 17.0 Å². The molecular formula is C11H17N3O3. The van der Waals surface area contributed by atoms with E-state index in [1.807, 2.05) is 0 Å². The fraction of sp³-hybridized carbons (Fsp3) is 0.364. The van der Waals surface area contributed by atoms with Gasteiger partial charge in [0.05, 0.1) is 13.2 Å². The van der Waals surface area contributed by atoms with E-state index in [2.05, 4.69) is 0 Å². The number of aliphatic hydroxyl groups excluding tert-OH is 2. The van der Waals surface area contributed by atoms with Gasteiger partial charge in [-0.2, -0.15) is 0 Å². The van der Waals surface area contributed by atoms with Gasteiger partial charge in [-0.15, -0.1) is 0 Å². The number of hydrogen-bond donors (Lipinski definition) is 4. The summed E-state index contributed by atoms with van der Waals surface area (Å²) in [5.41, 5.74) is 12.4. The van der Waals surface area contributed by atoms with Crippen LogP contribution in [0.2, 0.25) is 0 Å². The third kappa shape index (κ3) is 3.61. The Hall–Kier alpha value is -1.79. The zero-order valence-electron chi connectivity index (χ0n) is 9.47. The molecule has 0 fully saturated rings. The molecule has 1 aromatic rings. The van der Waals surface area contributed by atoms with Gasteiger partial charge in [0.2, 0.25) is 0 Å². The van der Waals surface area contributed by atoms with E-state index in [-0.39, 0.29) is 32.2 Å². The second-order valence-corrected chi connectivity index (χ2v) is 3.63. The lowest BCUT2D eigenvalue weighted by Crippen LogP contribution is -2.35. The minimum absolute atomic E-state index is 0.161. The molecule has 0 unspecified atom stereocenters. The molecule has 0 saturated heterocycles. The predicted molar refractivity (Wildman–Crippen MR) is 65.3 cm³/mol. The molecule has 0 atom stereocenters. The second kappa shape index (κ2) is 6.07. The number of amides is 1. The molecular weight excluding hydrogens is 222 g/mol. The molecule has 1 aromatic carbocycles. The molecule has 0 saturated carbocycles. The van der Waals surface area contributed by atoms with Crippen LogP contribution in [0.4, 0.5) is 11.4 Å². The van der Waals surface area contributed by atoms with Crippen LogP contribution in [0.25, 0.3) is 0 Å². The van der Waals surface area contributed by atoms with Crippen molar-refractivity contribution >= 4 is 17.3 Å². The lowest BCUT2D eigenvalue weighted by molar-refractivity contribution is 0.0685. The first kappa shape index (κ1) is 13.3. The number of carbonyl (C=O) groups is 1. The van der Waals surface area contributed by atoms with Gasteiger partial charge < -0.3 is 26.6 Å². The Morgan fingerprint density at radius 3 is 1.94 bits per heavy atom. The van der Waals surface area contributed by atoms with Crippen molar-refractivity contribution < 1.29 is 15.0 Å². The second-order valence-electron chi connectivity index (χ2n) is 3.63. The summed E-state index contributed by atoms with van der Waals surface area (Å²) in [6, 6.07) is 4.58. The Labute approximate surface area is 99.4 Å². The van der Waals surface area contributed by atoms with Gasteiger partial charge in [0.25, 0.3) is 5.91 Å². The lowest BCUT2D eigenvalue weighted by atomic mass is 10.1. The number of nitrogens with zero attached hydrogens (tertiary/aromatic N) is 1. The van der Waals surface area contributed by atoms with E-state index in [1.54, 1.807) is 6.07 Å². The highest BCUT2D eigenvalue weighted by molar-refractivity contribution is 5.96. The summed E-state index contributed by atoms with van der Waals surface area (Å²) in [5.74, 6) is -0.313. The average molecular weight is 239 g/mol. The summed E-state index contributed by atoms with van der Waals surface area (Å²) in [6.07, 6.45) is 0. The number of nitrogen functional groups attached to an aromatic ring is 2. The summed E-state index contributed by atoms with van der Waals surface area (Å²) in [6.45, 7) is -0.00469. The number of nitrogens with two attached hydrogens (primary N) is 2. The van der Waals surface area contributed by atoms with E-state index >= 15 is 0 Å². The summed E-state index contributed by atoms with van der Waals surface area (Å²) in [7, 11) is 0. The first-order chi connectivity index (χ1) is 8.08. The fourth-order valence-electron chi connectivity index (χ4n) is 1.54. The van der Waals surface area contributed by atoms with Crippen molar-refractivity contribution in [3.8, 4) is 0 Å². The smallest absolute Gasteiger partial charge is 0.254 e. The van der Waals surface area contributed by atoms with Crippen molar-refractivity contribution in [1.82, 2.24) is 4.90 Å². The van der Waals surface area contributed by atoms with Crippen LogP contribution in [0, 0.1) is 0 Å². The van der Waals surface area contributed by atoms with Crippen LogP contribution in [-0.2, 0) is 0 Å². The molecule has 0 aliphatic carbocycles. The van der Waals surface area contributed by atoms with E-state index in [4.69, 9.17) is 21.7 Å². The van der Waals surface area contributed by atoms with Gasteiger partial charge in [0.1, 0.15) is 0 Å². The monoisotopic (exact) mass is 239 g/mol. The highest BCUT2D eigenvalue weighted by Crippen LogP contribution is 2.15. The number of rotatable bonds is 5. The van der Waals surface area contributed by atoms with E-state index in [9.17, 15) is 4.79 Å². The van der Waals surface area contributed by atoms with E-state index in [0.29, 0.717) is 16.9 Å². The van der Waals surface area contributed by atoms with Crippen molar-refractivity contribution in [2.75, 3.05) is 37.8 Å². The fourth-order valence-corrected chi connectivity index (χ4v) is 1.54. The van der Waals surface area contributed by atoms with Gasteiger partial charge in [0, 0.05) is 30.0 Å². The third-order valence-corrected chi connectivity index (χ3v) is 2.25. The van der Waals surface area contributed by atoms with Gasteiger partial charge in [-0.05, 0) is 18.2 Å². The molecule has 1 rings (SSSR count). The molecule has 0 heterocycles. The van der Waals surface area contributed by atoms with Crippen LogP contribution in [0.15, 0.2) is 18.2 Å². The van der Waals surface area contributed by atoms with Crippen LogP contribution < -0.4 is 11.5 Å². The SMILES string of the molecule is Nc1cc(N)cc(C(=O)N(CCO)CCO)c1. The van der Waals surface area contributed by atoms with Crippen LogP contribution in [0.5, 0.6) is 0 Å². The van der Waals surface area contributed by atoms with Crippen molar-refractivity contribution in [1.29, 1.82) is 0 Å². The molecule has 6 heteroatoms. The first-order valence-corrected chi connectivity index (χ1v) is 5.25. The minimum atomic E-state index is -0.313. The van der Waals surface area contributed by atoms with Gasteiger partial charge in [-0.3, -0.25) is 4.79 Å². The van der Waals surface area contributed by atoms with Crippen LogP contribution in [0.3, 0.4) is 0 Å². The molecule has 0 aromatic heterocycles. The Morgan fingerprint density at radius 2 is 1.53 bits per heavy atom. The number of anilines is 2. The third-order valence-electron chi connectivity index (χ3n) is 2.25. The minimum Gasteiger partial charge on any atom is -0.399 e. The Kier molecular flexibility index (Phi) is 4.74. The Balaban J connectivity index is 2.92. The highest BCUT2D eigenvalue weighted by Gasteiger charge is 2.15. The quantitative estimate of drug-likeness (QED) is 0.506. The zero-order chi connectivity index (χ0) is 12.8. The maximum atomic E-state index is 12.0. The zero-order valence-corrected chi connectivity index (χ0v) is 9.47. The maximum Gasteiger partial charge on any atom is 0.254 e. The number of carbonyl (C=O) groups excluding carboxylic acids is 1. The largest absolute Gasteiger partial charge is 0.399 e. The highest BCUT2D eigenvalue weighted by atomic mass is 16.3. The van der Waals surface area contributed by atoms with Crippen molar-refractivity contribution in [3.05, 3.63) is 23.8 Å². The molecule has 17 heavy (non-hydrogen) atoms. The van der Waals surface area contributed by atoms with Gasteiger partial charge >= 0.3 is 0 Å². The molecule has 0 spiro atoms. The molecule has 6 N–H and O–H groups in total. The summed E-state index contributed by atoms with van der Waals surface area (Å²) in [4.78, 5) is 13.4. The topological polar surface area (TPSA) is 113 Å².